The van der Waals surface area contributed by atoms with Gasteiger partial charge in [0.25, 0.3) is 0 Å². The molecular weight excluding hydrogens is 464 g/mol. The van der Waals surface area contributed by atoms with Crippen LogP contribution in [0.25, 0.3) is 0 Å². The fourth-order valence-corrected chi connectivity index (χ4v) is 2.98. The molecule has 1 aromatic heterocycles. The van der Waals surface area contributed by atoms with Crippen molar-refractivity contribution in [3.8, 4) is 17.2 Å². The number of nitrogens with zero attached hydrogens (tertiary/aromatic N) is 1. The van der Waals surface area contributed by atoms with Crippen molar-refractivity contribution in [1.29, 1.82) is 0 Å². The van der Waals surface area contributed by atoms with Crippen LogP contribution >= 0.6 is 27.5 Å². The van der Waals surface area contributed by atoms with Crippen molar-refractivity contribution >= 4 is 39.7 Å². The summed E-state index contributed by atoms with van der Waals surface area (Å²) in [5, 5.41) is 14.2. The zero-order valence-electron chi connectivity index (χ0n) is 15.2. The van der Waals surface area contributed by atoms with Crippen LogP contribution in [-0.2, 0) is 6.61 Å². The number of hydrogen-bond donors (Lipinski definition) is 2. The van der Waals surface area contributed by atoms with Gasteiger partial charge in [0.2, 0.25) is 0 Å². The molecule has 3 aromatic rings. The summed E-state index contributed by atoms with van der Waals surface area (Å²) in [4.78, 5) is 12.2. The molecule has 29 heavy (non-hydrogen) atoms. The Morgan fingerprint density at radius 2 is 2.07 bits per heavy atom. The minimum Gasteiger partial charge on any atom is -0.503 e. The van der Waals surface area contributed by atoms with Crippen LogP contribution in [0, 0.1) is 0 Å². The van der Waals surface area contributed by atoms with Gasteiger partial charge in [-0.25, -0.2) is 5.43 Å². The zero-order valence-corrected chi connectivity index (χ0v) is 17.5. The van der Waals surface area contributed by atoms with Gasteiger partial charge in [-0.1, -0.05) is 23.7 Å². The third kappa shape index (κ3) is 5.30. The van der Waals surface area contributed by atoms with Crippen molar-refractivity contribution in [2.24, 2.45) is 5.10 Å². The van der Waals surface area contributed by atoms with E-state index >= 15 is 0 Å². The first-order valence-electron chi connectivity index (χ1n) is 8.34. The molecule has 7 nitrogen and oxygen atoms in total. The standard InChI is InChI=1S/C20H16BrClN2O5/c1-27-18-9-12(8-14(21)19(18)25)10-23-24-20(26)17-7-6-13(29-17)11-28-16-5-3-2-4-15(16)22/h2-10,25H,11H2,1H3,(H,24,26)/b23-10-. The van der Waals surface area contributed by atoms with E-state index in [4.69, 9.17) is 25.5 Å². The van der Waals surface area contributed by atoms with Crippen LogP contribution in [0.3, 0.4) is 0 Å². The van der Waals surface area contributed by atoms with Gasteiger partial charge in [0.15, 0.2) is 17.3 Å². The second kappa shape index (κ2) is 9.49. The monoisotopic (exact) mass is 478 g/mol. The molecule has 150 valence electrons. The van der Waals surface area contributed by atoms with E-state index in [1.54, 1.807) is 36.4 Å². The maximum absolute atomic E-state index is 12.2. The van der Waals surface area contributed by atoms with Crippen LogP contribution in [0.5, 0.6) is 17.2 Å². The normalized spacial score (nSPS) is 10.9. The lowest BCUT2D eigenvalue weighted by molar-refractivity contribution is 0.0923. The number of carbonyl (C=O) groups is 1. The van der Waals surface area contributed by atoms with Gasteiger partial charge in [-0.3, -0.25) is 4.79 Å². The van der Waals surface area contributed by atoms with Gasteiger partial charge in [-0.15, -0.1) is 0 Å². The number of carbonyl (C=O) groups excluding carboxylic acids is 1. The molecule has 0 saturated carbocycles. The number of ether oxygens (including phenoxy) is 2. The third-order valence-electron chi connectivity index (χ3n) is 3.74. The Kier molecular flexibility index (Phi) is 6.79. The highest BCUT2D eigenvalue weighted by molar-refractivity contribution is 9.10. The van der Waals surface area contributed by atoms with Crippen LogP contribution in [0.1, 0.15) is 21.9 Å². The van der Waals surface area contributed by atoms with Crippen molar-refractivity contribution in [2.75, 3.05) is 7.11 Å². The fourth-order valence-electron chi connectivity index (χ4n) is 2.33. The summed E-state index contributed by atoms with van der Waals surface area (Å²) < 4.78 is 16.5. The highest BCUT2D eigenvalue weighted by Gasteiger charge is 2.12. The van der Waals surface area contributed by atoms with Crippen LogP contribution in [0.4, 0.5) is 0 Å². The summed E-state index contributed by atoms with van der Waals surface area (Å²) in [6.45, 7) is 0.127. The van der Waals surface area contributed by atoms with Gasteiger partial charge in [-0.05, 0) is 57.9 Å². The SMILES string of the molecule is COc1cc(/C=N\NC(=O)c2ccc(COc3ccccc3Cl)o2)cc(Br)c1O. The number of furan rings is 1. The summed E-state index contributed by atoms with van der Waals surface area (Å²) in [6, 6.07) is 13.4. The average Bonchev–Trinajstić information content (AvgIpc) is 3.19. The molecule has 2 N–H and O–H groups in total. The Labute approximate surface area is 180 Å². The van der Waals surface area contributed by atoms with Crippen LogP contribution in [0.15, 0.2) is 62.5 Å². The third-order valence-corrected chi connectivity index (χ3v) is 4.66. The number of halogens is 2. The van der Waals surface area contributed by atoms with Crippen LogP contribution in [0.2, 0.25) is 5.02 Å². The highest BCUT2D eigenvalue weighted by atomic mass is 79.9. The van der Waals surface area contributed by atoms with E-state index in [0.717, 1.165) is 0 Å². The van der Waals surface area contributed by atoms with Gasteiger partial charge in [-0.2, -0.15) is 5.10 Å². The van der Waals surface area contributed by atoms with E-state index in [0.29, 0.717) is 26.6 Å². The molecule has 0 aliphatic carbocycles. The number of methoxy groups -OCH3 is 1. The van der Waals surface area contributed by atoms with Gasteiger partial charge >= 0.3 is 5.91 Å². The quantitative estimate of drug-likeness (QED) is 0.377. The second-order valence-electron chi connectivity index (χ2n) is 5.74. The summed E-state index contributed by atoms with van der Waals surface area (Å²) in [7, 11) is 1.44. The van der Waals surface area contributed by atoms with Gasteiger partial charge < -0.3 is 19.0 Å². The van der Waals surface area contributed by atoms with Crippen LogP contribution < -0.4 is 14.9 Å². The predicted octanol–water partition coefficient (Wildman–Crippen LogP) is 4.75. The predicted molar refractivity (Wildman–Crippen MR) is 112 cm³/mol. The molecule has 1 amide bonds. The molecule has 2 aromatic carbocycles. The van der Waals surface area contributed by atoms with E-state index in [1.807, 2.05) is 6.07 Å². The molecular formula is C20H16BrClN2O5. The first-order valence-corrected chi connectivity index (χ1v) is 9.51. The maximum atomic E-state index is 12.2. The van der Waals surface area contributed by atoms with E-state index in [1.165, 1.54) is 19.4 Å². The molecule has 0 fully saturated rings. The van der Waals surface area contributed by atoms with Crippen molar-refractivity contribution in [3.05, 3.63) is 75.1 Å². The van der Waals surface area contributed by atoms with Crippen molar-refractivity contribution in [2.45, 2.75) is 6.61 Å². The molecule has 0 atom stereocenters. The largest absolute Gasteiger partial charge is 0.503 e. The summed E-state index contributed by atoms with van der Waals surface area (Å²) in [5.41, 5.74) is 2.98. The Bertz CT molecular complexity index is 1050. The minimum atomic E-state index is -0.518. The lowest BCUT2D eigenvalue weighted by Gasteiger charge is -2.06. The molecule has 0 unspecified atom stereocenters. The number of nitrogens with one attached hydrogen (secondary N) is 1. The second-order valence-corrected chi connectivity index (χ2v) is 7.00. The number of phenols is 1. The lowest BCUT2D eigenvalue weighted by Crippen LogP contribution is -2.16. The van der Waals surface area contributed by atoms with Gasteiger partial charge in [0.05, 0.1) is 22.8 Å². The van der Waals surface area contributed by atoms with Gasteiger partial charge in [0.1, 0.15) is 18.1 Å². The highest BCUT2D eigenvalue weighted by Crippen LogP contribution is 2.34. The number of para-hydroxylation sites is 1. The molecule has 0 aliphatic rings. The summed E-state index contributed by atoms with van der Waals surface area (Å²) >= 11 is 9.25. The van der Waals surface area contributed by atoms with E-state index in [-0.39, 0.29) is 23.9 Å². The smallest absolute Gasteiger partial charge is 0.307 e. The van der Waals surface area contributed by atoms with Gasteiger partial charge in [0, 0.05) is 0 Å². The molecule has 0 spiro atoms. The van der Waals surface area contributed by atoms with Crippen molar-refractivity contribution in [1.82, 2.24) is 5.43 Å². The maximum Gasteiger partial charge on any atom is 0.307 e. The van der Waals surface area contributed by atoms with E-state index in [2.05, 4.69) is 26.5 Å². The topological polar surface area (TPSA) is 93.3 Å². The van der Waals surface area contributed by atoms with Crippen LogP contribution in [-0.4, -0.2) is 24.3 Å². The summed E-state index contributed by atoms with van der Waals surface area (Å²) in [5.74, 6) is 0.819. The first kappa shape index (κ1) is 20.8. The summed E-state index contributed by atoms with van der Waals surface area (Å²) in [6.07, 6.45) is 1.41. The number of hydrazone groups is 1. The van der Waals surface area contributed by atoms with Crippen molar-refractivity contribution in [3.63, 3.8) is 0 Å². The van der Waals surface area contributed by atoms with Crippen molar-refractivity contribution < 1.29 is 23.8 Å². The average molecular weight is 480 g/mol. The Morgan fingerprint density at radius 1 is 1.28 bits per heavy atom. The number of amides is 1. The molecule has 0 saturated heterocycles. The zero-order chi connectivity index (χ0) is 20.8. The molecule has 0 bridgehead atoms. The number of aromatic hydroxyl groups is 1. The molecule has 0 aliphatic heterocycles. The molecule has 0 radical (unpaired) electrons. The first-order chi connectivity index (χ1) is 14.0. The van der Waals surface area contributed by atoms with E-state index in [9.17, 15) is 9.90 Å². The molecule has 9 heteroatoms. The Hall–Kier alpha value is -2.97. The Morgan fingerprint density at radius 3 is 2.83 bits per heavy atom. The number of benzene rings is 2. The molecule has 1 heterocycles. The Balaban J connectivity index is 1.58. The minimum absolute atomic E-state index is 0.0178. The number of hydrogen-bond acceptors (Lipinski definition) is 6. The number of phenolic OH excluding ortho intramolecular Hbond substituents is 1. The number of rotatable bonds is 7. The lowest BCUT2D eigenvalue weighted by atomic mass is 10.2. The van der Waals surface area contributed by atoms with E-state index < -0.39 is 5.91 Å². The fraction of sp³-hybridized carbons (Fsp3) is 0.100. The molecule has 3 rings (SSSR count).